The number of esters is 1. The summed E-state index contributed by atoms with van der Waals surface area (Å²) in [5.74, 6) is -0.966. The highest BCUT2D eigenvalue weighted by Gasteiger charge is 2.22. The van der Waals surface area contributed by atoms with Gasteiger partial charge < -0.3 is 10.1 Å². The van der Waals surface area contributed by atoms with E-state index in [4.69, 9.17) is 4.74 Å². The lowest BCUT2D eigenvalue weighted by atomic mass is 9.96. The van der Waals surface area contributed by atoms with Gasteiger partial charge in [0.1, 0.15) is 0 Å². The lowest BCUT2D eigenvalue weighted by Gasteiger charge is -2.19. The number of carbonyl (C=O) groups is 2. The van der Waals surface area contributed by atoms with Crippen LogP contribution in [0.1, 0.15) is 47.7 Å². The van der Waals surface area contributed by atoms with Crippen LogP contribution in [0.3, 0.4) is 0 Å². The maximum atomic E-state index is 12.5. The molecule has 2 aromatic rings. The van der Waals surface area contributed by atoms with E-state index in [2.05, 4.69) is 5.32 Å². The lowest BCUT2D eigenvalue weighted by molar-refractivity contribution is -0.129. The molecule has 2 atom stereocenters. The van der Waals surface area contributed by atoms with Crippen LogP contribution in [0.4, 0.5) is 0 Å². The van der Waals surface area contributed by atoms with E-state index in [0.717, 1.165) is 18.2 Å². The molecule has 0 fully saturated rings. The zero-order chi connectivity index (χ0) is 21.6. The van der Waals surface area contributed by atoms with Crippen LogP contribution in [-0.2, 0) is 19.4 Å². The van der Waals surface area contributed by atoms with Crippen molar-refractivity contribution in [3.05, 3.63) is 65.2 Å². The molecule has 0 bridgehead atoms. The van der Waals surface area contributed by atoms with Crippen molar-refractivity contribution in [2.75, 3.05) is 12.8 Å². The van der Waals surface area contributed by atoms with Crippen LogP contribution >= 0.6 is 0 Å². The van der Waals surface area contributed by atoms with Crippen molar-refractivity contribution in [3.8, 4) is 0 Å². The fourth-order valence-corrected chi connectivity index (χ4v) is 3.57. The van der Waals surface area contributed by atoms with Crippen LogP contribution in [0.25, 0.3) is 0 Å². The third kappa shape index (κ3) is 6.15. The Morgan fingerprint density at radius 1 is 1.10 bits per heavy atom. The van der Waals surface area contributed by atoms with E-state index in [1.54, 1.807) is 13.0 Å². The molecule has 0 heterocycles. The Morgan fingerprint density at radius 2 is 1.76 bits per heavy atom. The molecule has 0 aromatic heterocycles. The van der Waals surface area contributed by atoms with Gasteiger partial charge in [-0.2, -0.15) is 0 Å². The van der Waals surface area contributed by atoms with Crippen molar-refractivity contribution in [2.45, 2.75) is 44.1 Å². The Labute approximate surface area is 172 Å². The highest BCUT2D eigenvalue weighted by molar-refractivity contribution is 7.90. The first kappa shape index (κ1) is 22.6. The van der Waals surface area contributed by atoms with Crippen molar-refractivity contribution in [1.82, 2.24) is 5.32 Å². The number of hydrogen-bond donors (Lipinski definition) is 1. The van der Waals surface area contributed by atoms with Gasteiger partial charge in [0.2, 0.25) is 0 Å². The monoisotopic (exact) mass is 417 g/mol. The van der Waals surface area contributed by atoms with Gasteiger partial charge in [0.15, 0.2) is 15.9 Å². The summed E-state index contributed by atoms with van der Waals surface area (Å²) in [7, 11) is -3.45. The van der Waals surface area contributed by atoms with Gasteiger partial charge in [-0.1, -0.05) is 43.3 Å². The molecule has 0 radical (unpaired) electrons. The number of aryl methyl sites for hydroxylation is 1. The van der Waals surface area contributed by atoms with Crippen LogP contribution < -0.4 is 5.32 Å². The van der Waals surface area contributed by atoms with E-state index in [0.29, 0.717) is 12.1 Å². The predicted octanol–water partition coefficient (Wildman–Crippen LogP) is 3.25. The Kier molecular flexibility index (Phi) is 7.56. The second-order valence-corrected chi connectivity index (χ2v) is 9.07. The zero-order valence-electron chi connectivity index (χ0n) is 17.1. The summed E-state index contributed by atoms with van der Waals surface area (Å²) in [6.07, 6.45) is 0.924. The molecule has 1 amide bonds. The summed E-state index contributed by atoms with van der Waals surface area (Å²) in [5, 5.41) is 2.83. The second-order valence-electron chi connectivity index (χ2n) is 7.06. The first-order chi connectivity index (χ1) is 13.6. The summed E-state index contributed by atoms with van der Waals surface area (Å²) in [5.41, 5.74) is 1.83. The fourth-order valence-electron chi connectivity index (χ4n) is 2.92. The first-order valence-corrected chi connectivity index (χ1v) is 11.4. The van der Waals surface area contributed by atoms with Gasteiger partial charge in [-0.05, 0) is 43.5 Å². The third-order valence-electron chi connectivity index (χ3n) is 4.80. The largest absolute Gasteiger partial charge is 0.449 e. The molecule has 7 heteroatoms. The standard InChI is InChI=1S/C22H27NO5S/c1-5-17(18-9-7-6-8-10-18)14-23-21(24)16(3)28-22(25)20-13-19(29(4,26)27)12-11-15(20)2/h6-13,16-17H,5,14H2,1-4H3,(H,23,24)/t16-,17+/m0/s1. The Balaban J connectivity index is 2.01. The molecule has 0 aliphatic heterocycles. The number of carbonyl (C=O) groups excluding carboxylic acids is 2. The van der Waals surface area contributed by atoms with E-state index < -0.39 is 27.8 Å². The summed E-state index contributed by atoms with van der Waals surface area (Å²) in [4.78, 5) is 24.9. The van der Waals surface area contributed by atoms with Crippen molar-refractivity contribution in [2.24, 2.45) is 0 Å². The summed E-state index contributed by atoms with van der Waals surface area (Å²) >= 11 is 0. The quantitative estimate of drug-likeness (QED) is 0.666. The first-order valence-electron chi connectivity index (χ1n) is 9.47. The van der Waals surface area contributed by atoms with Gasteiger partial charge in [-0.15, -0.1) is 0 Å². The molecule has 29 heavy (non-hydrogen) atoms. The third-order valence-corrected chi connectivity index (χ3v) is 5.91. The molecular formula is C22H27NO5S. The Hall–Kier alpha value is -2.67. The van der Waals surface area contributed by atoms with Crippen molar-refractivity contribution < 1.29 is 22.7 Å². The van der Waals surface area contributed by atoms with Crippen LogP contribution in [-0.4, -0.2) is 39.2 Å². The van der Waals surface area contributed by atoms with Crippen LogP contribution in [0.2, 0.25) is 0 Å². The highest BCUT2D eigenvalue weighted by atomic mass is 32.2. The zero-order valence-corrected chi connectivity index (χ0v) is 18.0. The lowest BCUT2D eigenvalue weighted by Crippen LogP contribution is -2.38. The molecular weight excluding hydrogens is 390 g/mol. The van der Waals surface area contributed by atoms with Gasteiger partial charge in [-0.25, -0.2) is 13.2 Å². The number of hydrogen-bond acceptors (Lipinski definition) is 5. The normalized spacial score (nSPS) is 13.4. The Morgan fingerprint density at radius 3 is 2.34 bits per heavy atom. The molecule has 2 aromatic carbocycles. The smallest absolute Gasteiger partial charge is 0.339 e. The summed E-state index contributed by atoms with van der Waals surface area (Å²) in [6.45, 7) is 5.65. The molecule has 0 aliphatic rings. The molecule has 1 N–H and O–H groups in total. The average Bonchev–Trinajstić information content (AvgIpc) is 2.68. The van der Waals surface area contributed by atoms with E-state index in [9.17, 15) is 18.0 Å². The SMILES string of the molecule is CC[C@H](CNC(=O)[C@H](C)OC(=O)c1cc(S(C)(=O)=O)ccc1C)c1ccccc1. The van der Waals surface area contributed by atoms with Crippen LogP contribution in [0.5, 0.6) is 0 Å². The molecule has 0 saturated heterocycles. The highest BCUT2D eigenvalue weighted by Crippen LogP contribution is 2.19. The van der Waals surface area contributed by atoms with E-state index in [1.807, 2.05) is 37.3 Å². The van der Waals surface area contributed by atoms with Gasteiger partial charge in [-0.3, -0.25) is 4.79 Å². The number of nitrogens with one attached hydrogen (secondary N) is 1. The summed E-state index contributed by atoms with van der Waals surface area (Å²) in [6, 6.07) is 14.1. The van der Waals surface area contributed by atoms with E-state index in [1.165, 1.54) is 19.1 Å². The maximum Gasteiger partial charge on any atom is 0.339 e. The molecule has 0 spiro atoms. The van der Waals surface area contributed by atoms with Crippen molar-refractivity contribution in [3.63, 3.8) is 0 Å². The number of benzene rings is 2. The minimum absolute atomic E-state index is 0.0285. The number of amides is 1. The van der Waals surface area contributed by atoms with Crippen LogP contribution in [0, 0.1) is 6.92 Å². The Bertz CT molecular complexity index is 970. The molecule has 2 rings (SSSR count). The van der Waals surface area contributed by atoms with E-state index in [-0.39, 0.29) is 16.4 Å². The van der Waals surface area contributed by atoms with Gasteiger partial charge in [0.25, 0.3) is 5.91 Å². The molecule has 0 aliphatic carbocycles. The minimum atomic E-state index is -3.45. The average molecular weight is 418 g/mol. The minimum Gasteiger partial charge on any atom is -0.449 e. The van der Waals surface area contributed by atoms with Gasteiger partial charge in [0.05, 0.1) is 10.5 Å². The van der Waals surface area contributed by atoms with Crippen LogP contribution in [0.15, 0.2) is 53.4 Å². The number of rotatable bonds is 8. The maximum absolute atomic E-state index is 12.5. The number of ether oxygens (including phenoxy) is 1. The fraction of sp³-hybridized carbons (Fsp3) is 0.364. The van der Waals surface area contributed by atoms with Crippen molar-refractivity contribution in [1.29, 1.82) is 0 Å². The van der Waals surface area contributed by atoms with E-state index >= 15 is 0 Å². The predicted molar refractivity (Wildman–Crippen MR) is 112 cm³/mol. The number of sulfone groups is 1. The topological polar surface area (TPSA) is 89.5 Å². The molecule has 0 saturated carbocycles. The second kappa shape index (κ2) is 9.69. The van der Waals surface area contributed by atoms with Crippen molar-refractivity contribution >= 4 is 21.7 Å². The van der Waals surface area contributed by atoms with Gasteiger partial charge >= 0.3 is 5.97 Å². The molecule has 6 nitrogen and oxygen atoms in total. The molecule has 0 unspecified atom stereocenters. The molecule has 156 valence electrons. The summed E-state index contributed by atoms with van der Waals surface area (Å²) < 4.78 is 28.7. The van der Waals surface area contributed by atoms with Gasteiger partial charge in [0, 0.05) is 18.7 Å².